The van der Waals surface area contributed by atoms with E-state index in [1.165, 1.54) is 18.2 Å². The van der Waals surface area contributed by atoms with Crippen molar-refractivity contribution < 1.29 is 14.3 Å². The molecule has 0 heterocycles. The summed E-state index contributed by atoms with van der Waals surface area (Å²) in [6, 6.07) is 4.14. The summed E-state index contributed by atoms with van der Waals surface area (Å²) >= 11 is 5.87. The molecule has 0 unspecified atom stereocenters. The fraction of sp³-hybridized carbons (Fsp3) is 0.500. The molecule has 1 amide bonds. The topological polar surface area (TPSA) is 49.3 Å². The Labute approximate surface area is 116 Å². The van der Waals surface area contributed by atoms with E-state index in [9.17, 15) is 14.3 Å². The minimum absolute atomic E-state index is 0.0846. The summed E-state index contributed by atoms with van der Waals surface area (Å²) in [6.07, 6.45) is 4.42. The van der Waals surface area contributed by atoms with Crippen molar-refractivity contribution in [3.05, 3.63) is 34.6 Å². The smallest absolute Gasteiger partial charge is 0.256 e. The Morgan fingerprint density at radius 3 is 2.63 bits per heavy atom. The maximum atomic E-state index is 13.7. The molecule has 3 nitrogen and oxygen atoms in total. The third kappa shape index (κ3) is 3.07. The summed E-state index contributed by atoms with van der Waals surface area (Å²) in [5, 5.41) is 12.4. The second-order valence-electron chi connectivity index (χ2n) is 5.05. The zero-order chi connectivity index (χ0) is 13.9. The van der Waals surface area contributed by atoms with Gasteiger partial charge in [0.25, 0.3) is 5.91 Å². The van der Waals surface area contributed by atoms with Crippen LogP contribution in [-0.2, 0) is 0 Å². The van der Waals surface area contributed by atoms with Crippen molar-refractivity contribution in [2.24, 2.45) is 0 Å². The largest absolute Gasteiger partial charge is 0.394 e. The first kappa shape index (κ1) is 14.3. The van der Waals surface area contributed by atoms with E-state index in [4.69, 9.17) is 11.6 Å². The molecule has 1 saturated carbocycles. The van der Waals surface area contributed by atoms with Gasteiger partial charge in [-0.15, -0.1) is 0 Å². The lowest BCUT2D eigenvalue weighted by molar-refractivity contribution is 0.0755. The van der Waals surface area contributed by atoms with Crippen molar-refractivity contribution in [3.63, 3.8) is 0 Å². The molecule has 2 N–H and O–H groups in total. The van der Waals surface area contributed by atoms with E-state index in [-0.39, 0.29) is 17.2 Å². The maximum absolute atomic E-state index is 13.7. The number of amides is 1. The molecular formula is C14H17ClFNO2. The van der Waals surface area contributed by atoms with E-state index >= 15 is 0 Å². The molecule has 0 bridgehead atoms. The zero-order valence-electron chi connectivity index (χ0n) is 10.6. The summed E-state index contributed by atoms with van der Waals surface area (Å²) in [7, 11) is 0. The second-order valence-corrected chi connectivity index (χ2v) is 5.46. The molecule has 0 spiro atoms. The first-order valence-electron chi connectivity index (χ1n) is 6.45. The number of carbonyl (C=O) groups is 1. The van der Waals surface area contributed by atoms with Crippen LogP contribution >= 0.6 is 11.6 Å². The van der Waals surface area contributed by atoms with Gasteiger partial charge in [0.1, 0.15) is 5.82 Å². The molecule has 0 aromatic heterocycles. The lowest BCUT2D eigenvalue weighted by Crippen LogP contribution is -2.52. The minimum Gasteiger partial charge on any atom is -0.394 e. The van der Waals surface area contributed by atoms with Crippen LogP contribution in [0.25, 0.3) is 0 Å². The van der Waals surface area contributed by atoms with Gasteiger partial charge in [-0.05, 0) is 25.0 Å². The molecule has 0 aliphatic heterocycles. The normalized spacial score (nSPS) is 18.1. The van der Waals surface area contributed by atoms with E-state index in [2.05, 4.69) is 5.32 Å². The van der Waals surface area contributed by atoms with Crippen molar-refractivity contribution in [1.29, 1.82) is 0 Å². The minimum atomic E-state index is -0.645. The first-order chi connectivity index (χ1) is 9.08. The Balaban J connectivity index is 2.20. The fourth-order valence-corrected chi connectivity index (χ4v) is 2.82. The summed E-state index contributed by atoms with van der Waals surface area (Å²) in [5.74, 6) is -1.20. The third-order valence-corrected chi connectivity index (χ3v) is 4.00. The maximum Gasteiger partial charge on any atom is 0.256 e. The van der Waals surface area contributed by atoms with Gasteiger partial charge in [-0.3, -0.25) is 4.79 Å². The second kappa shape index (κ2) is 5.88. The molecule has 5 heteroatoms. The van der Waals surface area contributed by atoms with Gasteiger partial charge >= 0.3 is 0 Å². The van der Waals surface area contributed by atoms with Crippen LogP contribution in [0.4, 0.5) is 4.39 Å². The van der Waals surface area contributed by atoms with Gasteiger partial charge in [-0.2, -0.15) is 0 Å². The number of nitrogens with one attached hydrogen (secondary N) is 1. The van der Waals surface area contributed by atoms with Crippen molar-refractivity contribution in [1.82, 2.24) is 5.32 Å². The molecule has 1 aromatic rings. The highest BCUT2D eigenvalue weighted by molar-refractivity contribution is 6.33. The third-order valence-electron chi connectivity index (χ3n) is 3.68. The Morgan fingerprint density at radius 2 is 2.05 bits per heavy atom. The van der Waals surface area contributed by atoms with Crippen LogP contribution in [-0.4, -0.2) is 23.2 Å². The highest BCUT2D eigenvalue weighted by Crippen LogP contribution is 2.29. The molecule has 1 aliphatic rings. The quantitative estimate of drug-likeness (QED) is 0.897. The molecule has 104 valence electrons. The van der Waals surface area contributed by atoms with Gasteiger partial charge < -0.3 is 10.4 Å². The lowest BCUT2D eigenvalue weighted by atomic mass is 9.82. The van der Waals surface area contributed by atoms with Gasteiger partial charge in [0, 0.05) is 0 Å². The van der Waals surface area contributed by atoms with E-state index in [1.54, 1.807) is 0 Å². The van der Waals surface area contributed by atoms with Crippen LogP contribution in [0.15, 0.2) is 18.2 Å². The molecular weight excluding hydrogens is 269 g/mol. The van der Waals surface area contributed by atoms with Gasteiger partial charge in [0.15, 0.2) is 0 Å². The molecule has 19 heavy (non-hydrogen) atoms. The van der Waals surface area contributed by atoms with Crippen LogP contribution in [0, 0.1) is 5.82 Å². The van der Waals surface area contributed by atoms with Gasteiger partial charge in [-0.25, -0.2) is 4.39 Å². The molecule has 2 rings (SSSR count). The van der Waals surface area contributed by atoms with Crippen molar-refractivity contribution >= 4 is 17.5 Å². The Bertz CT molecular complexity index is 452. The highest BCUT2D eigenvalue weighted by Gasteiger charge is 2.34. The number of carbonyl (C=O) groups excluding carboxylic acids is 1. The Hall–Kier alpha value is -1.13. The van der Waals surface area contributed by atoms with Crippen LogP contribution in [0.2, 0.25) is 5.02 Å². The number of hydrogen-bond acceptors (Lipinski definition) is 2. The van der Waals surface area contributed by atoms with Crippen LogP contribution < -0.4 is 5.32 Å². The van der Waals surface area contributed by atoms with Crippen molar-refractivity contribution in [2.75, 3.05) is 6.61 Å². The van der Waals surface area contributed by atoms with Crippen LogP contribution in [0.1, 0.15) is 42.5 Å². The van der Waals surface area contributed by atoms with E-state index in [0.717, 1.165) is 19.3 Å². The van der Waals surface area contributed by atoms with Crippen LogP contribution in [0.3, 0.4) is 0 Å². The Kier molecular flexibility index (Phi) is 4.42. The summed E-state index contributed by atoms with van der Waals surface area (Å²) in [5.41, 5.74) is -0.788. The lowest BCUT2D eigenvalue weighted by Gasteiger charge is -2.36. The fourth-order valence-electron chi connectivity index (χ4n) is 2.57. The number of aliphatic hydroxyl groups is 1. The average molecular weight is 286 g/mol. The molecule has 0 saturated heterocycles. The summed E-state index contributed by atoms with van der Waals surface area (Å²) < 4.78 is 13.7. The summed E-state index contributed by atoms with van der Waals surface area (Å²) in [6.45, 7) is -0.134. The standard InChI is InChI=1S/C14H17ClFNO2/c15-10-5-4-6-11(16)12(10)13(19)17-14(9-18)7-2-1-3-8-14/h4-6,18H,1-3,7-9H2,(H,17,19). The number of halogens is 2. The van der Waals surface area contributed by atoms with Gasteiger partial charge in [0.05, 0.1) is 22.7 Å². The van der Waals surface area contributed by atoms with E-state index < -0.39 is 17.3 Å². The SMILES string of the molecule is O=C(NC1(CO)CCCCC1)c1c(F)cccc1Cl. The molecule has 0 atom stereocenters. The molecule has 1 fully saturated rings. The highest BCUT2D eigenvalue weighted by atomic mass is 35.5. The summed E-state index contributed by atoms with van der Waals surface area (Å²) in [4.78, 5) is 12.2. The number of hydrogen-bond donors (Lipinski definition) is 2. The Morgan fingerprint density at radius 1 is 1.37 bits per heavy atom. The monoisotopic (exact) mass is 285 g/mol. The first-order valence-corrected chi connectivity index (χ1v) is 6.83. The molecule has 0 radical (unpaired) electrons. The van der Waals surface area contributed by atoms with Crippen LogP contribution in [0.5, 0.6) is 0 Å². The van der Waals surface area contributed by atoms with Crippen molar-refractivity contribution in [3.8, 4) is 0 Å². The molecule has 1 aromatic carbocycles. The van der Waals surface area contributed by atoms with E-state index in [1.807, 2.05) is 0 Å². The number of rotatable bonds is 3. The number of benzene rings is 1. The molecule has 1 aliphatic carbocycles. The van der Waals surface area contributed by atoms with Gasteiger partial charge in [-0.1, -0.05) is 36.9 Å². The number of aliphatic hydroxyl groups excluding tert-OH is 1. The zero-order valence-corrected chi connectivity index (χ0v) is 11.3. The van der Waals surface area contributed by atoms with Gasteiger partial charge in [0.2, 0.25) is 0 Å². The predicted octanol–water partition coefficient (Wildman–Crippen LogP) is 2.90. The predicted molar refractivity (Wildman–Crippen MR) is 71.8 cm³/mol. The van der Waals surface area contributed by atoms with E-state index in [0.29, 0.717) is 12.8 Å². The average Bonchev–Trinajstić information content (AvgIpc) is 2.39. The van der Waals surface area contributed by atoms with Crippen molar-refractivity contribution in [2.45, 2.75) is 37.6 Å².